The van der Waals surface area contributed by atoms with Crippen LogP contribution in [0.15, 0.2) is 48.9 Å². The number of ether oxygens (including phenoxy) is 1. The summed E-state index contributed by atoms with van der Waals surface area (Å²) in [5.74, 6) is 0.163. The standard InChI is InChI=1S/C26H24F6N6O/c1-16-13-37(15-33-16)21-10-8-17(34-24(21)39-14-25(27,28)29)9-11-22-35-23-19(6-4-12-38(23)36-22)18-5-2-3-7-20(18)26(30,31)32/h2-3,5,7-8,10,13,15,19H,4,6,9,11-12,14H2,1H3/t19-/m1/s1. The maximum absolute atomic E-state index is 13.7. The molecule has 0 unspecified atom stereocenters. The molecule has 4 aromatic rings. The lowest BCUT2D eigenvalue weighted by Crippen LogP contribution is -2.21. The van der Waals surface area contributed by atoms with Gasteiger partial charge in [-0.05, 0) is 49.9 Å². The molecule has 4 heterocycles. The van der Waals surface area contributed by atoms with E-state index in [0.29, 0.717) is 61.0 Å². The van der Waals surface area contributed by atoms with Crippen molar-refractivity contribution < 1.29 is 31.1 Å². The van der Waals surface area contributed by atoms with Gasteiger partial charge in [-0.2, -0.15) is 31.4 Å². The molecular weight excluding hydrogens is 526 g/mol. The number of rotatable bonds is 7. The SMILES string of the molecule is Cc1cn(-c2ccc(CCc3nc4n(n3)CCC[C@@H]4c3ccccc3C(F)(F)F)nc2OCC(F)(F)F)cn1. The Morgan fingerprint density at radius 2 is 1.79 bits per heavy atom. The fourth-order valence-electron chi connectivity index (χ4n) is 4.72. The van der Waals surface area contributed by atoms with Crippen molar-refractivity contribution in [2.45, 2.75) is 57.4 Å². The third-order valence-corrected chi connectivity index (χ3v) is 6.43. The third-order valence-electron chi connectivity index (χ3n) is 6.43. The number of alkyl halides is 6. The monoisotopic (exact) mass is 550 g/mol. The van der Waals surface area contributed by atoms with E-state index in [1.807, 2.05) is 0 Å². The molecule has 1 aliphatic heterocycles. The van der Waals surface area contributed by atoms with Gasteiger partial charge >= 0.3 is 12.4 Å². The minimum absolute atomic E-state index is 0.170. The molecule has 3 aromatic heterocycles. The van der Waals surface area contributed by atoms with Crippen LogP contribution < -0.4 is 4.74 Å². The average Bonchev–Trinajstić information content (AvgIpc) is 3.51. The van der Waals surface area contributed by atoms with Crippen molar-refractivity contribution in [2.24, 2.45) is 0 Å². The normalized spacial score (nSPS) is 15.8. The number of benzene rings is 1. The van der Waals surface area contributed by atoms with Crippen molar-refractivity contribution in [1.82, 2.24) is 29.3 Å². The van der Waals surface area contributed by atoms with Crippen LogP contribution in [-0.2, 0) is 25.6 Å². The van der Waals surface area contributed by atoms with Gasteiger partial charge in [-0.25, -0.2) is 19.6 Å². The second kappa shape index (κ2) is 10.3. The molecule has 0 amide bonds. The number of aromatic nitrogens is 6. The Morgan fingerprint density at radius 3 is 2.51 bits per heavy atom. The van der Waals surface area contributed by atoms with Crippen LogP contribution in [0.3, 0.4) is 0 Å². The quantitative estimate of drug-likeness (QED) is 0.271. The van der Waals surface area contributed by atoms with E-state index in [2.05, 4.69) is 20.1 Å². The number of pyridine rings is 1. The van der Waals surface area contributed by atoms with Gasteiger partial charge in [0.25, 0.3) is 0 Å². The molecule has 1 aliphatic rings. The molecule has 0 saturated heterocycles. The number of nitrogens with zero attached hydrogens (tertiary/aromatic N) is 6. The molecule has 39 heavy (non-hydrogen) atoms. The minimum atomic E-state index is -4.54. The second-order valence-corrected chi connectivity index (χ2v) is 9.34. The van der Waals surface area contributed by atoms with Crippen LogP contribution in [0.2, 0.25) is 0 Å². The summed E-state index contributed by atoms with van der Waals surface area (Å²) in [6.07, 6.45) is -4.17. The topological polar surface area (TPSA) is 70.7 Å². The van der Waals surface area contributed by atoms with Gasteiger partial charge in [0.05, 0.1) is 17.6 Å². The highest BCUT2D eigenvalue weighted by atomic mass is 19.4. The molecule has 0 bridgehead atoms. The molecule has 7 nitrogen and oxygen atoms in total. The van der Waals surface area contributed by atoms with Crippen molar-refractivity contribution in [3.05, 3.63) is 83.1 Å². The van der Waals surface area contributed by atoms with E-state index in [-0.39, 0.29) is 11.4 Å². The second-order valence-electron chi connectivity index (χ2n) is 9.34. The van der Waals surface area contributed by atoms with E-state index in [1.165, 1.54) is 23.0 Å². The molecule has 206 valence electrons. The van der Waals surface area contributed by atoms with Crippen LogP contribution in [0.1, 0.15) is 52.9 Å². The molecule has 0 saturated carbocycles. The number of hydrogen-bond donors (Lipinski definition) is 0. The average molecular weight is 551 g/mol. The Bertz CT molecular complexity index is 1460. The first-order chi connectivity index (χ1) is 18.5. The Balaban J connectivity index is 1.37. The first kappa shape index (κ1) is 26.7. The van der Waals surface area contributed by atoms with Gasteiger partial charge in [0.15, 0.2) is 12.4 Å². The Labute approximate surface area is 219 Å². The Morgan fingerprint density at radius 1 is 1.00 bits per heavy atom. The molecule has 13 heteroatoms. The molecule has 0 spiro atoms. The Kier molecular flexibility index (Phi) is 7.08. The van der Waals surface area contributed by atoms with E-state index in [1.54, 1.807) is 36.0 Å². The molecule has 0 fully saturated rings. The molecular formula is C26H24F6N6O. The molecule has 5 rings (SSSR count). The highest BCUT2D eigenvalue weighted by molar-refractivity contribution is 5.43. The van der Waals surface area contributed by atoms with Crippen LogP contribution in [0.4, 0.5) is 26.3 Å². The summed E-state index contributed by atoms with van der Waals surface area (Å²) in [7, 11) is 0. The zero-order chi connectivity index (χ0) is 27.8. The number of hydrogen-bond acceptors (Lipinski definition) is 5. The number of imidazole rings is 1. The largest absolute Gasteiger partial charge is 0.467 e. The fraction of sp³-hybridized carbons (Fsp3) is 0.385. The van der Waals surface area contributed by atoms with Crippen molar-refractivity contribution >= 4 is 0 Å². The highest BCUT2D eigenvalue weighted by Gasteiger charge is 2.37. The van der Waals surface area contributed by atoms with Gasteiger partial charge in [0.2, 0.25) is 5.88 Å². The van der Waals surface area contributed by atoms with Crippen LogP contribution in [0.25, 0.3) is 5.69 Å². The van der Waals surface area contributed by atoms with Crippen LogP contribution in [0.5, 0.6) is 5.88 Å². The predicted octanol–water partition coefficient (Wildman–Crippen LogP) is 5.84. The molecule has 0 N–H and O–H groups in total. The van der Waals surface area contributed by atoms with E-state index in [0.717, 1.165) is 6.07 Å². The summed E-state index contributed by atoms with van der Waals surface area (Å²) in [5, 5.41) is 4.50. The maximum atomic E-state index is 13.7. The molecule has 0 aliphatic carbocycles. The van der Waals surface area contributed by atoms with Gasteiger partial charge < -0.3 is 9.30 Å². The van der Waals surface area contributed by atoms with Gasteiger partial charge in [0.1, 0.15) is 11.5 Å². The van der Waals surface area contributed by atoms with E-state index in [9.17, 15) is 26.3 Å². The van der Waals surface area contributed by atoms with Crippen LogP contribution in [0, 0.1) is 6.92 Å². The van der Waals surface area contributed by atoms with Gasteiger partial charge in [-0.3, -0.25) is 0 Å². The first-order valence-corrected chi connectivity index (χ1v) is 12.3. The lowest BCUT2D eigenvalue weighted by atomic mass is 9.88. The highest BCUT2D eigenvalue weighted by Crippen LogP contribution is 2.40. The third kappa shape index (κ3) is 6.07. The summed E-state index contributed by atoms with van der Waals surface area (Å²) >= 11 is 0. The van der Waals surface area contributed by atoms with Crippen molar-refractivity contribution in [3.8, 4) is 11.6 Å². The van der Waals surface area contributed by atoms with Crippen molar-refractivity contribution in [3.63, 3.8) is 0 Å². The van der Waals surface area contributed by atoms with Crippen molar-refractivity contribution in [2.75, 3.05) is 6.61 Å². The zero-order valence-electron chi connectivity index (χ0n) is 20.8. The lowest BCUT2D eigenvalue weighted by molar-refractivity contribution is -0.154. The summed E-state index contributed by atoms with van der Waals surface area (Å²) in [6.45, 7) is 0.790. The van der Waals surface area contributed by atoms with Crippen LogP contribution in [-0.4, -0.2) is 42.1 Å². The smallest absolute Gasteiger partial charge is 0.422 e. The predicted molar refractivity (Wildman–Crippen MR) is 128 cm³/mol. The zero-order valence-corrected chi connectivity index (χ0v) is 20.8. The number of halogens is 6. The van der Waals surface area contributed by atoms with E-state index in [4.69, 9.17) is 4.74 Å². The molecule has 1 atom stereocenters. The summed E-state index contributed by atoms with van der Waals surface area (Å²) in [4.78, 5) is 13.0. The van der Waals surface area contributed by atoms with Crippen molar-refractivity contribution in [1.29, 1.82) is 0 Å². The summed E-state index contributed by atoms with van der Waals surface area (Å²) in [5.41, 5.74) is 0.928. The minimum Gasteiger partial charge on any atom is -0.467 e. The van der Waals surface area contributed by atoms with Gasteiger partial charge in [-0.15, -0.1) is 0 Å². The molecule has 0 radical (unpaired) electrons. The molecule has 1 aromatic carbocycles. The van der Waals surface area contributed by atoms with E-state index >= 15 is 0 Å². The number of fused-ring (bicyclic) bond motifs is 1. The first-order valence-electron chi connectivity index (χ1n) is 12.3. The van der Waals surface area contributed by atoms with E-state index < -0.39 is 30.4 Å². The fourth-order valence-corrected chi connectivity index (χ4v) is 4.72. The lowest BCUT2D eigenvalue weighted by Gasteiger charge is -2.25. The maximum Gasteiger partial charge on any atom is 0.422 e. The van der Waals surface area contributed by atoms with Crippen LogP contribution >= 0.6 is 0 Å². The summed E-state index contributed by atoms with van der Waals surface area (Å²) < 4.78 is 87.7. The van der Waals surface area contributed by atoms with Gasteiger partial charge in [0, 0.05) is 30.8 Å². The summed E-state index contributed by atoms with van der Waals surface area (Å²) in [6, 6.07) is 8.77. The van der Waals surface area contributed by atoms with Gasteiger partial charge in [-0.1, -0.05) is 18.2 Å². The Hall–Kier alpha value is -3.90. The number of aryl methyl sites for hydroxylation is 4.